The number of anilines is 1. The predicted octanol–water partition coefficient (Wildman–Crippen LogP) is 2.35. The molecule has 0 saturated carbocycles. The highest BCUT2D eigenvalue weighted by Gasteiger charge is 2.23. The van der Waals surface area contributed by atoms with Gasteiger partial charge in [-0.3, -0.25) is 4.68 Å². The molecule has 0 radical (unpaired) electrons. The van der Waals surface area contributed by atoms with Crippen LogP contribution in [-0.2, 0) is 13.6 Å². The van der Waals surface area contributed by atoms with E-state index in [-0.39, 0.29) is 0 Å². The molecule has 0 fully saturated rings. The SMILES string of the molecule is Cc1cccc2c1N(C)Cc1cnn(C)c1-2. The Hall–Kier alpha value is -1.77. The largest absolute Gasteiger partial charge is 0.369 e. The van der Waals surface area contributed by atoms with Crippen molar-refractivity contribution in [3.05, 3.63) is 35.5 Å². The Morgan fingerprint density at radius 1 is 1.25 bits per heavy atom. The number of hydrogen-bond acceptors (Lipinski definition) is 2. The van der Waals surface area contributed by atoms with Gasteiger partial charge in [0.15, 0.2) is 0 Å². The Morgan fingerprint density at radius 2 is 2.06 bits per heavy atom. The summed E-state index contributed by atoms with van der Waals surface area (Å²) >= 11 is 0. The first-order valence-corrected chi connectivity index (χ1v) is 5.50. The van der Waals surface area contributed by atoms with Crippen molar-refractivity contribution in [2.75, 3.05) is 11.9 Å². The van der Waals surface area contributed by atoms with Crippen LogP contribution in [0, 0.1) is 6.92 Å². The number of hydrogen-bond donors (Lipinski definition) is 0. The molecule has 2 aromatic rings. The van der Waals surface area contributed by atoms with Crippen molar-refractivity contribution < 1.29 is 0 Å². The van der Waals surface area contributed by atoms with E-state index < -0.39 is 0 Å². The van der Waals surface area contributed by atoms with Crippen molar-refractivity contribution in [2.24, 2.45) is 7.05 Å². The third kappa shape index (κ3) is 1.11. The number of aryl methyl sites for hydroxylation is 2. The van der Waals surface area contributed by atoms with Gasteiger partial charge in [0.05, 0.1) is 11.9 Å². The molecule has 0 saturated heterocycles. The van der Waals surface area contributed by atoms with Gasteiger partial charge in [-0.1, -0.05) is 18.2 Å². The van der Waals surface area contributed by atoms with Gasteiger partial charge in [-0.25, -0.2) is 0 Å². The van der Waals surface area contributed by atoms with E-state index in [0.29, 0.717) is 0 Å². The Balaban J connectivity index is 2.35. The Bertz CT molecular complexity index is 554. The van der Waals surface area contributed by atoms with Gasteiger partial charge in [0.2, 0.25) is 0 Å². The van der Waals surface area contributed by atoms with E-state index in [1.807, 2.05) is 17.9 Å². The number of para-hydroxylation sites is 1. The molecule has 3 rings (SSSR count). The zero-order valence-corrected chi connectivity index (χ0v) is 9.86. The molecular weight excluding hydrogens is 198 g/mol. The van der Waals surface area contributed by atoms with E-state index in [9.17, 15) is 0 Å². The van der Waals surface area contributed by atoms with Crippen molar-refractivity contribution in [1.29, 1.82) is 0 Å². The van der Waals surface area contributed by atoms with Crippen molar-refractivity contribution in [1.82, 2.24) is 9.78 Å². The summed E-state index contributed by atoms with van der Waals surface area (Å²) in [5, 5.41) is 4.35. The number of benzene rings is 1. The second-order valence-corrected chi connectivity index (χ2v) is 4.47. The van der Waals surface area contributed by atoms with E-state index in [0.717, 1.165) is 6.54 Å². The Labute approximate surface area is 95.3 Å². The summed E-state index contributed by atoms with van der Waals surface area (Å²) in [6, 6.07) is 6.46. The van der Waals surface area contributed by atoms with E-state index in [4.69, 9.17) is 0 Å². The molecule has 0 N–H and O–H groups in total. The van der Waals surface area contributed by atoms with E-state index in [1.54, 1.807) is 0 Å². The normalized spacial score (nSPS) is 13.6. The highest BCUT2D eigenvalue weighted by molar-refractivity contribution is 5.83. The molecule has 0 atom stereocenters. The van der Waals surface area contributed by atoms with Crippen molar-refractivity contribution in [2.45, 2.75) is 13.5 Å². The Kier molecular flexibility index (Phi) is 1.84. The van der Waals surface area contributed by atoms with Crippen LogP contribution in [0.4, 0.5) is 5.69 Å². The van der Waals surface area contributed by atoms with Gasteiger partial charge in [-0.15, -0.1) is 0 Å². The molecule has 0 aliphatic carbocycles. The van der Waals surface area contributed by atoms with Crippen LogP contribution in [0.1, 0.15) is 11.1 Å². The average Bonchev–Trinajstić information content (AvgIpc) is 2.60. The van der Waals surface area contributed by atoms with E-state index >= 15 is 0 Å². The highest BCUT2D eigenvalue weighted by atomic mass is 15.3. The van der Waals surface area contributed by atoms with Crippen LogP contribution in [0.5, 0.6) is 0 Å². The lowest BCUT2D eigenvalue weighted by atomic mass is 9.97. The van der Waals surface area contributed by atoms with Crippen LogP contribution in [-0.4, -0.2) is 16.8 Å². The second-order valence-electron chi connectivity index (χ2n) is 4.47. The standard InChI is InChI=1S/C13H15N3/c1-9-5-4-6-11-12(9)15(2)8-10-7-14-16(3)13(10)11/h4-7H,8H2,1-3H3. The van der Waals surface area contributed by atoms with Gasteiger partial charge in [-0.05, 0) is 12.5 Å². The molecule has 0 bridgehead atoms. The van der Waals surface area contributed by atoms with Gasteiger partial charge >= 0.3 is 0 Å². The van der Waals surface area contributed by atoms with Crippen molar-refractivity contribution in [3.8, 4) is 11.3 Å². The minimum absolute atomic E-state index is 0.945. The summed E-state index contributed by atoms with van der Waals surface area (Å²) in [4.78, 5) is 2.30. The first kappa shape index (κ1) is 9.46. The van der Waals surface area contributed by atoms with Gasteiger partial charge in [0.25, 0.3) is 0 Å². The summed E-state index contributed by atoms with van der Waals surface area (Å²) in [7, 11) is 4.15. The lowest BCUT2D eigenvalue weighted by molar-refractivity contribution is 0.771. The lowest BCUT2D eigenvalue weighted by Crippen LogP contribution is -2.22. The molecule has 1 aromatic carbocycles. The van der Waals surface area contributed by atoms with Gasteiger partial charge in [-0.2, -0.15) is 5.10 Å². The van der Waals surface area contributed by atoms with Gasteiger partial charge in [0, 0.05) is 37.5 Å². The molecule has 0 unspecified atom stereocenters. The third-order valence-electron chi connectivity index (χ3n) is 3.30. The summed E-state index contributed by atoms with van der Waals surface area (Å²) in [5.74, 6) is 0. The fraction of sp³-hybridized carbons (Fsp3) is 0.308. The number of rotatable bonds is 0. The minimum Gasteiger partial charge on any atom is -0.369 e. The zero-order valence-electron chi connectivity index (χ0n) is 9.86. The summed E-state index contributed by atoms with van der Waals surface area (Å²) < 4.78 is 1.97. The van der Waals surface area contributed by atoms with Crippen LogP contribution >= 0.6 is 0 Å². The third-order valence-corrected chi connectivity index (χ3v) is 3.30. The van der Waals surface area contributed by atoms with Gasteiger partial charge in [0.1, 0.15) is 0 Å². The molecule has 82 valence electrons. The van der Waals surface area contributed by atoms with E-state index in [2.05, 4.69) is 42.2 Å². The average molecular weight is 213 g/mol. The van der Waals surface area contributed by atoms with Crippen LogP contribution in [0.25, 0.3) is 11.3 Å². The summed E-state index contributed by atoms with van der Waals surface area (Å²) in [5.41, 5.74) is 6.52. The van der Waals surface area contributed by atoms with Crippen molar-refractivity contribution >= 4 is 5.69 Å². The minimum atomic E-state index is 0.945. The number of aromatic nitrogens is 2. The monoisotopic (exact) mass is 213 g/mol. The quantitative estimate of drug-likeness (QED) is 0.669. The number of nitrogens with zero attached hydrogens (tertiary/aromatic N) is 3. The van der Waals surface area contributed by atoms with Crippen LogP contribution in [0.2, 0.25) is 0 Å². The molecule has 16 heavy (non-hydrogen) atoms. The lowest BCUT2D eigenvalue weighted by Gasteiger charge is -2.29. The van der Waals surface area contributed by atoms with Crippen LogP contribution in [0.3, 0.4) is 0 Å². The van der Waals surface area contributed by atoms with E-state index in [1.165, 1.54) is 28.1 Å². The topological polar surface area (TPSA) is 21.1 Å². The molecule has 2 heterocycles. The molecule has 3 heteroatoms. The smallest absolute Gasteiger partial charge is 0.0749 e. The highest BCUT2D eigenvalue weighted by Crippen LogP contribution is 2.39. The van der Waals surface area contributed by atoms with Crippen LogP contribution in [0.15, 0.2) is 24.4 Å². The molecule has 1 aromatic heterocycles. The second kappa shape index (κ2) is 3.11. The molecule has 1 aliphatic rings. The van der Waals surface area contributed by atoms with Gasteiger partial charge < -0.3 is 4.90 Å². The summed E-state index contributed by atoms with van der Waals surface area (Å²) in [6.07, 6.45) is 1.97. The maximum atomic E-state index is 4.35. The zero-order chi connectivity index (χ0) is 11.3. The fourth-order valence-electron chi connectivity index (χ4n) is 2.64. The molecule has 1 aliphatic heterocycles. The Morgan fingerprint density at radius 3 is 2.88 bits per heavy atom. The summed E-state index contributed by atoms with van der Waals surface area (Å²) in [6.45, 7) is 3.11. The van der Waals surface area contributed by atoms with Crippen LogP contribution < -0.4 is 4.90 Å². The fourth-order valence-corrected chi connectivity index (χ4v) is 2.64. The molecule has 0 spiro atoms. The molecular formula is C13H15N3. The predicted molar refractivity (Wildman–Crippen MR) is 65.5 cm³/mol. The molecule has 0 amide bonds. The maximum absolute atomic E-state index is 4.35. The number of fused-ring (bicyclic) bond motifs is 3. The molecule has 3 nitrogen and oxygen atoms in total. The first-order chi connectivity index (χ1) is 7.68. The maximum Gasteiger partial charge on any atom is 0.0749 e. The first-order valence-electron chi connectivity index (χ1n) is 5.50. The van der Waals surface area contributed by atoms with Crippen molar-refractivity contribution in [3.63, 3.8) is 0 Å².